The third-order valence-corrected chi connectivity index (χ3v) is 3.35. The molecular formula is C13H23N5O. The normalized spacial score (nSPS) is 22.8. The van der Waals surface area contributed by atoms with Gasteiger partial charge in [-0.25, -0.2) is 15.8 Å². The van der Waals surface area contributed by atoms with Gasteiger partial charge in [-0.1, -0.05) is 13.8 Å². The fourth-order valence-electron chi connectivity index (χ4n) is 2.14. The van der Waals surface area contributed by atoms with Crippen LogP contribution in [0, 0.1) is 0 Å². The molecule has 1 saturated heterocycles. The van der Waals surface area contributed by atoms with Crippen LogP contribution in [-0.2, 0) is 4.74 Å². The van der Waals surface area contributed by atoms with Gasteiger partial charge in [0, 0.05) is 25.1 Å². The standard InChI is InChI=1S/C13H23N5O/c1-9(2)12-16-10(7-11(17-12)18-14)15-8-13(3)5-4-6-19-13/h7,9H,4-6,8,14H2,1-3H3,(H2,15,16,17,18). The fraction of sp³-hybridized carbons (Fsp3) is 0.692. The molecule has 0 bridgehead atoms. The third-order valence-electron chi connectivity index (χ3n) is 3.35. The van der Waals surface area contributed by atoms with Crippen LogP contribution in [0.3, 0.4) is 0 Å². The summed E-state index contributed by atoms with van der Waals surface area (Å²) in [5.74, 6) is 7.87. The zero-order chi connectivity index (χ0) is 13.9. The van der Waals surface area contributed by atoms with Crippen molar-refractivity contribution in [3.63, 3.8) is 0 Å². The Morgan fingerprint density at radius 3 is 2.74 bits per heavy atom. The van der Waals surface area contributed by atoms with Gasteiger partial charge in [0.25, 0.3) is 0 Å². The Labute approximate surface area is 114 Å². The Hall–Kier alpha value is -1.40. The van der Waals surface area contributed by atoms with E-state index in [2.05, 4.69) is 41.5 Å². The zero-order valence-corrected chi connectivity index (χ0v) is 11.9. The van der Waals surface area contributed by atoms with Gasteiger partial charge in [0.2, 0.25) is 0 Å². The largest absolute Gasteiger partial charge is 0.373 e. The second-order valence-corrected chi connectivity index (χ2v) is 5.55. The third kappa shape index (κ3) is 3.54. The summed E-state index contributed by atoms with van der Waals surface area (Å²) in [7, 11) is 0. The average molecular weight is 265 g/mol. The minimum atomic E-state index is -0.0980. The molecule has 0 spiro atoms. The van der Waals surface area contributed by atoms with E-state index in [1.807, 2.05) is 6.07 Å². The van der Waals surface area contributed by atoms with E-state index in [9.17, 15) is 0 Å². The summed E-state index contributed by atoms with van der Waals surface area (Å²) in [6, 6.07) is 1.81. The molecule has 0 aliphatic carbocycles. The van der Waals surface area contributed by atoms with Crippen molar-refractivity contribution in [1.82, 2.24) is 9.97 Å². The van der Waals surface area contributed by atoms with Crippen molar-refractivity contribution in [1.29, 1.82) is 0 Å². The summed E-state index contributed by atoms with van der Waals surface area (Å²) < 4.78 is 5.75. The molecule has 0 saturated carbocycles. The molecule has 6 nitrogen and oxygen atoms in total. The molecule has 0 amide bonds. The first-order valence-corrected chi connectivity index (χ1v) is 6.76. The molecule has 4 N–H and O–H groups in total. The van der Waals surface area contributed by atoms with E-state index < -0.39 is 0 Å². The predicted molar refractivity (Wildman–Crippen MR) is 76.0 cm³/mol. The number of rotatable bonds is 5. The van der Waals surface area contributed by atoms with Gasteiger partial charge in [0.15, 0.2) is 0 Å². The molecular weight excluding hydrogens is 242 g/mol. The molecule has 1 aromatic heterocycles. The fourth-order valence-corrected chi connectivity index (χ4v) is 2.14. The van der Waals surface area contributed by atoms with Crippen LogP contribution >= 0.6 is 0 Å². The van der Waals surface area contributed by atoms with Crippen LogP contribution in [0.1, 0.15) is 45.4 Å². The molecule has 0 aromatic carbocycles. The van der Waals surface area contributed by atoms with Crippen molar-refractivity contribution < 1.29 is 4.74 Å². The summed E-state index contributed by atoms with van der Waals surface area (Å²) in [5.41, 5.74) is 2.48. The second-order valence-electron chi connectivity index (χ2n) is 5.55. The van der Waals surface area contributed by atoms with E-state index in [-0.39, 0.29) is 11.5 Å². The van der Waals surface area contributed by atoms with E-state index in [4.69, 9.17) is 10.6 Å². The lowest BCUT2D eigenvalue weighted by Crippen LogP contribution is -2.32. The van der Waals surface area contributed by atoms with Crippen molar-refractivity contribution in [2.75, 3.05) is 23.9 Å². The molecule has 1 fully saturated rings. The molecule has 1 aliphatic heterocycles. The molecule has 0 radical (unpaired) electrons. The Balaban J connectivity index is 2.08. The number of anilines is 2. The molecule has 106 valence electrons. The van der Waals surface area contributed by atoms with Crippen LogP contribution in [0.15, 0.2) is 6.07 Å². The zero-order valence-electron chi connectivity index (χ0n) is 11.9. The lowest BCUT2D eigenvalue weighted by molar-refractivity contribution is 0.0314. The number of nitrogens with one attached hydrogen (secondary N) is 2. The highest BCUT2D eigenvalue weighted by Crippen LogP contribution is 2.25. The second kappa shape index (κ2) is 5.71. The van der Waals surface area contributed by atoms with Gasteiger partial charge in [-0.05, 0) is 19.8 Å². The number of hydrogen-bond donors (Lipinski definition) is 3. The number of nitrogens with two attached hydrogens (primary N) is 1. The minimum absolute atomic E-state index is 0.0980. The Morgan fingerprint density at radius 1 is 1.42 bits per heavy atom. The number of ether oxygens (including phenoxy) is 1. The van der Waals surface area contributed by atoms with E-state index in [1.54, 1.807) is 0 Å². The number of nitrogen functional groups attached to an aromatic ring is 1. The maximum atomic E-state index is 5.75. The SMILES string of the molecule is CC(C)c1nc(NN)cc(NCC2(C)CCCO2)n1. The van der Waals surface area contributed by atoms with Crippen LogP contribution in [0.4, 0.5) is 11.6 Å². The lowest BCUT2D eigenvalue weighted by Gasteiger charge is -2.24. The van der Waals surface area contributed by atoms with Crippen LogP contribution in [0.2, 0.25) is 0 Å². The van der Waals surface area contributed by atoms with E-state index >= 15 is 0 Å². The maximum absolute atomic E-state index is 5.75. The van der Waals surface area contributed by atoms with Crippen molar-refractivity contribution in [3.8, 4) is 0 Å². The van der Waals surface area contributed by atoms with Crippen LogP contribution in [0.25, 0.3) is 0 Å². The van der Waals surface area contributed by atoms with E-state index in [0.29, 0.717) is 5.82 Å². The molecule has 2 rings (SSSR count). The van der Waals surface area contributed by atoms with Gasteiger partial charge in [0.1, 0.15) is 17.5 Å². The predicted octanol–water partition coefficient (Wildman–Crippen LogP) is 1.87. The van der Waals surface area contributed by atoms with E-state index in [1.165, 1.54) is 0 Å². The summed E-state index contributed by atoms with van der Waals surface area (Å²) in [5, 5.41) is 3.33. The van der Waals surface area contributed by atoms with Crippen molar-refractivity contribution in [2.24, 2.45) is 5.84 Å². The Morgan fingerprint density at radius 2 is 2.16 bits per heavy atom. The van der Waals surface area contributed by atoms with Gasteiger partial charge in [-0.15, -0.1) is 0 Å². The summed E-state index contributed by atoms with van der Waals surface area (Å²) in [4.78, 5) is 8.83. The monoisotopic (exact) mass is 265 g/mol. The Kier molecular flexibility index (Phi) is 4.21. The number of hydrazine groups is 1. The smallest absolute Gasteiger partial charge is 0.145 e. The topological polar surface area (TPSA) is 85.1 Å². The Bertz CT molecular complexity index is 429. The van der Waals surface area contributed by atoms with Gasteiger partial charge in [0.05, 0.1) is 5.60 Å². The van der Waals surface area contributed by atoms with Crippen LogP contribution in [0.5, 0.6) is 0 Å². The molecule has 2 heterocycles. The highest BCUT2D eigenvalue weighted by atomic mass is 16.5. The van der Waals surface area contributed by atoms with Crippen LogP contribution in [-0.4, -0.2) is 28.7 Å². The van der Waals surface area contributed by atoms with Gasteiger partial charge in [-0.3, -0.25) is 0 Å². The molecule has 1 atom stereocenters. The van der Waals surface area contributed by atoms with Gasteiger partial charge < -0.3 is 15.5 Å². The minimum Gasteiger partial charge on any atom is -0.373 e. The summed E-state index contributed by atoms with van der Waals surface area (Å²) in [6.07, 6.45) is 2.19. The quantitative estimate of drug-likeness (QED) is 0.556. The molecule has 1 aromatic rings. The van der Waals surface area contributed by atoms with Gasteiger partial charge in [-0.2, -0.15) is 0 Å². The first-order chi connectivity index (χ1) is 9.02. The van der Waals surface area contributed by atoms with Crippen molar-refractivity contribution >= 4 is 11.6 Å². The van der Waals surface area contributed by atoms with Crippen molar-refractivity contribution in [2.45, 2.75) is 45.1 Å². The molecule has 19 heavy (non-hydrogen) atoms. The first kappa shape index (κ1) is 14.0. The maximum Gasteiger partial charge on any atom is 0.145 e. The lowest BCUT2D eigenvalue weighted by atomic mass is 10.0. The van der Waals surface area contributed by atoms with Gasteiger partial charge >= 0.3 is 0 Å². The average Bonchev–Trinajstić information content (AvgIpc) is 2.83. The van der Waals surface area contributed by atoms with E-state index in [0.717, 1.165) is 37.6 Å². The van der Waals surface area contributed by atoms with Crippen LogP contribution < -0.4 is 16.6 Å². The summed E-state index contributed by atoms with van der Waals surface area (Å²) >= 11 is 0. The first-order valence-electron chi connectivity index (χ1n) is 6.76. The highest BCUT2D eigenvalue weighted by molar-refractivity contribution is 5.47. The number of hydrogen-bond acceptors (Lipinski definition) is 6. The van der Waals surface area contributed by atoms with Crippen molar-refractivity contribution in [3.05, 3.63) is 11.9 Å². The molecule has 1 unspecified atom stereocenters. The number of nitrogens with zero attached hydrogens (tertiary/aromatic N) is 2. The molecule has 1 aliphatic rings. The number of aromatic nitrogens is 2. The highest BCUT2D eigenvalue weighted by Gasteiger charge is 2.29. The summed E-state index contributed by atoms with van der Waals surface area (Å²) in [6.45, 7) is 7.82. The molecule has 6 heteroatoms.